The molecule has 0 bridgehead atoms. The molecule has 2 fully saturated rings. The summed E-state index contributed by atoms with van der Waals surface area (Å²) in [7, 11) is 0. The number of amides is 1. The Morgan fingerprint density at radius 1 is 1.46 bits per heavy atom. The van der Waals surface area contributed by atoms with E-state index in [1.165, 1.54) is 12.1 Å². The van der Waals surface area contributed by atoms with Crippen molar-refractivity contribution in [1.29, 1.82) is 0 Å². The standard InChI is InChI=1S/C17H19FN4OS/c18-12-3-1-2-11(8-12)13-9-14(13)16(23)19-6-7-22-15(10-4-5-10)20-21-17(22)24/h1-3,8,10,13-14H,4-7,9H2,(H,19,23)(H,21,24)/t13-,14+/m1/s1. The van der Waals surface area contributed by atoms with Crippen LogP contribution in [0.1, 0.15) is 42.5 Å². The molecule has 1 aromatic heterocycles. The van der Waals surface area contributed by atoms with Crippen LogP contribution in [0, 0.1) is 16.5 Å². The van der Waals surface area contributed by atoms with Gasteiger partial charge in [-0.05, 0) is 55.1 Å². The van der Waals surface area contributed by atoms with Gasteiger partial charge >= 0.3 is 0 Å². The maximum absolute atomic E-state index is 13.3. The molecule has 2 atom stereocenters. The van der Waals surface area contributed by atoms with Gasteiger partial charge < -0.3 is 9.88 Å². The van der Waals surface area contributed by atoms with Crippen molar-refractivity contribution < 1.29 is 9.18 Å². The fourth-order valence-electron chi connectivity index (χ4n) is 3.21. The highest BCUT2D eigenvalue weighted by atomic mass is 32.1. The Morgan fingerprint density at radius 3 is 3.04 bits per heavy atom. The molecule has 2 saturated carbocycles. The smallest absolute Gasteiger partial charge is 0.223 e. The second kappa shape index (κ2) is 6.12. The highest BCUT2D eigenvalue weighted by Gasteiger charge is 2.43. The zero-order chi connectivity index (χ0) is 16.7. The number of nitrogens with one attached hydrogen (secondary N) is 2. The molecular weight excluding hydrogens is 327 g/mol. The molecule has 1 amide bonds. The topological polar surface area (TPSA) is 62.7 Å². The van der Waals surface area contributed by atoms with Crippen LogP contribution in [0.5, 0.6) is 0 Å². The maximum Gasteiger partial charge on any atom is 0.223 e. The summed E-state index contributed by atoms with van der Waals surface area (Å²) >= 11 is 5.25. The van der Waals surface area contributed by atoms with Crippen LogP contribution >= 0.6 is 12.2 Å². The number of benzene rings is 1. The highest BCUT2D eigenvalue weighted by molar-refractivity contribution is 7.71. The van der Waals surface area contributed by atoms with E-state index in [2.05, 4.69) is 15.5 Å². The van der Waals surface area contributed by atoms with Crippen LogP contribution < -0.4 is 5.32 Å². The fraction of sp³-hybridized carbons (Fsp3) is 0.471. The fourth-order valence-corrected chi connectivity index (χ4v) is 3.44. The third kappa shape index (κ3) is 3.13. The van der Waals surface area contributed by atoms with Crippen molar-refractivity contribution in [1.82, 2.24) is 20.1 Å². The number of carbonyl (C=O) groups excluding carboxylic acids is 1. The molecule has 5 nitrogen and oxygen atoms in total. The lowest BCUT2D eigenvalue weighted by Gasteiger charge is -2.08. The van der Waals surface area contributed by atoms with E-state index in [0.29, 0.717) is 23.8 Å². The highest BCUT2D eigenvalue weighted by Crippen LogP contribution is 2.47. The van der Waals surface area contributed by atoms with Gasteiger partial charge in [0.05, 0.1) is 0 Å². The minimum atomic E-state index is -0.250. The first-order chi connectivity index (χ1) is 11.6. The number of H-pyrrole nitrogens is 1. The summed E-state index contributed by atoms with van der Waals surface area (Å²) in [5, 5.41) is 10.1. The second-order valence-electron chi connectivity index (χ2n) is 6.61. The van der Waals surface area contributed by atoms with Gasteiger partial charge in [0.15, 0.2) is 4.77 Å². The third-order valence-corrected chi connectivity index (χ3v) is 5.08. The Hall–Kier alpha value is -2.02. The molecular formula is C17H19FN4OS. The maximum atomic E-state index is 13.3. The van der Waals surface area contributed by atoms with Crippen molar-refractivity contribution in [2.75, 3.05) is 6.54 Å². The van der Waals surface area contributed by atoms with Gasteiger partial charge in [0.1, 0.15) is 11.6 Å². The van der Waals surface area contributed by atoms with Crippen LogP contribution in [-0.4, -0.2) is 27.2 Å². The number of rotatable bonds is 6. The lowest BCUT2D eigenvalue weighted by molar-refractivity contribution is -0.122. The van der Waals surface area contributed by atoms with Crippen LogP contribution in [0.15, 0.2) is 24.3 Å². The monoisotopic (exact) mass is 346 g/mol. The summed E-state index contributed by atoms with van der Waals surface area (Å²) < 4.78 is 15.9. The van der Waals surface area contributed by atoms with Crippen molar-refractivity contribution in [2.24, 2.45) is 5.92 Å². The molecule has 0 spiro atoms. The normalized spacial score (nSPS) is 22.4. The first-order valence-electron chi connectivity index (χ1n) is 8.32. The Balaban J connectivity index is 1.30. The van der Waals surface area contributed by atoms with Gasteiger partial charge in [0.2, 0.25) is 5.91 Å². The van der Waals surface area contributed by atoms with Crippen molar-refractivity contribution in [3.05, 3.63) is 46.2 Å². The van der Waals surface area contributed by atoms with Gasteiger partial charge in [-0.15, -0.1) is 0 Å². The third-order valence-electron chi connectivity index (χ3n) is 4.77. The molecule has 0 aliphatic heterocycles. The number of aromatic amines is 1. The molecule has 2 aromatic rings. The molecule has 2 N–H and O–H groups in total. The SMILES string of the molecule is O=C(NCCn1c(C2CC2)n[nH]c1=S)[C@H]1C[C@@H]1c1cccc(F)c1. The predicted molar refractivity (Wildman–Crippen MR) is 89.6 cm³/mol. The molecule has 1 heterocycles. The first kappa shape index (κ1) is 15.5. The molecule has 0 radical (unpaired) electrons. The van der Waals surface area contributed by atoms with Gasteiger partial charge in [0.25, 0.3) is 0 Å². The van der Waals surface area contributed by atoms with Crippen molar-refractivity contribution >= 4 is 18.1 Å². The molecule has 2 aliphatic carbocycles. The molecule has 7 heteroatoms. The molecule has 126 valence electrons. The van der Waals surface area contributed by atoms with E-state index < -0.39 is 0 Å². The van der Waals surface area contributed by atoms with E-state index in [9.17, 15) is 9.18 Å². The molecule has 0 saturated heterocycles. The summed E-state index contributed by atoms with van der Waals surface area (Å²) in [5.41, 5.74) is 0.906. The van der Waals surface area contributed by atoms with E-state index in [0.717, 1.165) is 30.7 Å². The summed E-state index contributed by atoms with van der Waals surface area (Å²) in [6.07, 6.45) is 3.10. The Labute approximate surface area is 144 Å². The Kier molecular flexibility index (Phi) is 3.96. The number of hydrogen-bond donors (Lipinski definition) is 2. The van der Waals surface area contributed by atoms with Crippen molar-refractivity contribution in [2.45, 2.75) is 37.6 Å². The first-order valence-corrected chi connectivity index (χ1v) is 8.72. The van der Waals surface area contributed by atoms with Crippen molar-refractivity contribution in [3.8, 4) is 0 Å². The van der Waals surface area contributed by atoms with Gasteiger partial charge in [-0.25, -0.2) is 4.39 Å². The minimum Gasteiger partial charge on any atom is -0.354 e. The molecule has 4 rings (SSSR count). The number of nitrogens with zero attached hydrogens (tertiary/aromatic N) is 2. The zero-order valence-electron chi connectivity index (χ0n) is 13.2. The minimum absolute atomic E-state index is 0.0345. The van der Waals surface area contributed by atoms with Crippen LogP contribution in [0.25, 0.3) is 0 Å². The van der Waals surface area contributed by atoms with E-state index in [-0.39, 0.29) is 23.6 Å². The molecule has 2 aliphatic rings. The van der Waals surface area contributed by atoms with Gasteiger partial charge in [-0.1, -0.05) is 12.1 Å². The summed E-state index contributed by atoms with van der Waals surface area (Å²) in [4.78, 5) is 12.3. The van der Waals surface area contributed by atoms with Crippen LogP contribution in [0.4, 0.5) is 4.39 Å². The number of halogens is 1. The van der Waals surface area contributed by atoms with E-state index >= 15 is 0 Å². The van der Waals surface area contributed by atoms with Gasteiger partial charge in [-0.3, -0.25) is 9.89 Å². The van der Waals surface area contributed by atoms with E-state index in [1.54, 1.807) is 6.07 Å². The lowest BCUT2D eigenvalue weighted by atomic mass is 10.1. The molecule has 1 aromatic carbocycles. The van der Waals surface area contributed by atoms with Gasteiger partial charge in [-0.2, -0.15) is 5.10 Å². The van der Waals surface area contributed by atoms with E-state index in [1.807, 2.05) is 10.6 Å². The van der Waals surface area contributed by atoms with Crippen LogP contribution in [0.2, 0.25) is 0 Å². The average Bonchev–Trinajstić information content (AvgIpc) is 3.47. The number of hydrogen-bond acceptors (Lipinski definition) is 3. The average molecular weight is 346 g/mol. The second-order valence-corrected chi connectivity index (χ2v) is 6.99. The zero-order valence-corrected chi connectivity index (χ0v) is 14.0. The lowest BCUT2D eigenvalue weighted by Crippen LogP contribution is -2.29. The van der Waals surface area contributed by atoms with Crippen LogP contribution in [0.3, 0.4) is 0 Å². The summed E-state index contributed by atoms with van der Waals surface area (Å²) in [6, 6.07) is 6.52. The van der Waals surface area contributed by atoms with Gasteiger partial charge in [0, 0.05) is 24.9 Å². The van der Waals surface area contributed by atoms with E-state index in [4.69, 9.17) is 12.2 Å². The van der Waals surface area contributed by atoms with Crippen LogP contribution in [-0.2, 0) is 11.3 Å². The quantitative estimate of drug-likeness (QED) is 0.791. The number of aromatic nitrogens is 3. The Morgan fingerprint density at radius 2 is 2.29 bits per heavy atom. The summed E-state index contributed by atoms with van der Waals surface area (Å²) in [5.74, 6) is 1.38. The van der Waals surface area contributed by atoms with Crippen molar-refractivity contribution in [3.63, 3.8) is 0 Å². The molecule has 0 unspecified atom stereocenters. The number of carbonyl (C=O) groups is 1. The molecule has 24 heavy (non-hydrogen) atoms. The summed E-state index contributed by atoms with van der Waals surface area (Å²) in [6.45, 7) is 1.16. The predicted octanol–water partition coefficient (Wildman–Crippen LogP) is 2.88. The largest absolute Gasteiger partial charge is 0.354 e. The Bertz CT molecular complexity index is 826.